The molecule has 2 fully saturated rings. The minimum Gasteiger partial charge on any atom is -0.372 e. The van der Waals surface area contributed by atoms with E-state index >= 15 is 0 Å². The van der Waals surface area contributed by atoms with Gasteiger partial charge in [0.1, 0.15) is 5.37 Å². The molecule has 3 rings (SSSR count). The van der Waals surface area contributed by atoms with Gasteiger partial charge in [-0.3, -0.25) is 4.79 Å². The summed E-state index contributed by atoms with van der Waals surface area (Å²) in [4.78, 5) is 19.2. The van der Waals surface area contributed by atoms with Gasteiger partial charge in [0.05, 0.1) is 5.75 Å². The maximum Gasteiger partial charge on any atom is 0.233 e. The molecule has 2 heterocycles. The molecular weight excluding hydrogens is 318 g/mol. The zero-order valence-electron chi connectivity index (χ0n) is 14.9. The minimum absolute atomic E-state index is 0.181. The summed E-state index contributed by atoms with van der Waals surface area (Å²) < 4.78 is 0. The highest BCUT2D eigenvalue weighted by molar-refractivity contribution is 8.00. The zero-order valence-corrected chi connectivity index (χ0v) is 15.7. The van der Waals surface area contributed by atoms with Crippen LogP contribution in [0.4, 0.5) is 5.69 Å². The minimum atomic E-state index is 0.181. The molecule has 2 saturated heterocycles. The van der Waals surface area contributed by atoms with E-state index in [9.17, 15) is 4.79 Å². The first-order valence-corrected chi connectivity index (χ1v) is 10.3. The Morgan fingerprint density at radius 1 is 1.12 bits per heavy atom. The molecule has 0 aromatic heterocycles. The lowest BCUT2D eigenvalue weighted by molar-refractivity contribution is -0.128. The lowest BCUT2D eigenvalue weighted by atomic mass is 10.1. The lowest BCUT2D eigenvalue weighted by Gasteiger charge is -2.28. The first-order chi connectivity index (χ1) is 11.7. The molecule has 1 atom stereocenters. The molecule has 4 nitrogen and oxygen atoms in total. The van der Waals surface area contributed by atoms with Gasteiger partial charge < -0.3 is 14.7 Å². The van der Waals surface area contributed by atoms with Crippen LogP contribution >= 0.6 is 11.8 Å². The summed E-state index contributed by atoms with van der Waals surface area (Å²) in [7, 11) is 0. The Morgan fingerprint density at radius 2 is 1.79 bits per heavy atom. The van der Waals surface area contributed by atoms with E-state index in [-0.39, 0.29) is 11.3 Å². The van der Waals surface area contributed by atoms with Gasteiger partial charge in [-0.2, -0.15) is 0 Å². The van der Waals surface area contributed by atoms with Gasteiger partial charge in [0, 0.05) is 31.9 Å². The number of anilines is 1. The van der Waals surface area contributed by atoms with E-state index < -0.39 is 0 Å². The smallest absolute Gasteiger partial charge is 0.233 e. The molecule has 0 radical (unpaired) electrons. The highest BCUT2D eigenvalue weighted by atomic mass is 32.2. The van der Waals surface area contributed by atoms with Gasteiger partial charge in [0.15, 0.2) is 0 Å². The third-order valence-corrected chi connectivity index (χ3v) is 6.43. The average molecular weight is 348 g/mol. The lowest BCUT2D eigenvalue weighted by Crippen LogP contribution is -2.37. The predicted octanol–water partition coefficient (Wildman–Crippen LogP) is 3.20. The second kappa shape index (κ2) is 8.26. The molecule has 24 heavy (non-hydrogen) atoms. The van der Waals surface area contributed by atoms with Crippen molar-refractivity contribution in [3.8, 4) is 0 Å². The maximum absolute atomic E-state index is 12.3. The fourth-order valence-corrected chi connectivity index (χ4v) is 4.80. The van der Waals surface area contributed by atoms with Crippen molar-refractivity contribution in [2.75, 3.05) is 49.9 Å². The van der Waals surface area contributed by atoms with Crippen molar-refractivity contribution in [1.29, 1.82) is 0 Å². The number of hydrogen-bond acceptors (Lipinski definition) is 4. The van der Waals surface area contributed by atoms with Gasteiger partial charge in [-0.05, 0) is 43.6 Å². The van der Waals surface area contributed by atoms with Crippen LogP contribution in [0.5, 0.6) is 0 Å². The van der Waals surface area contributed by atoms with Gasteiger partial charge in [-0.15, -0.1) is 11.8 Å². The fraction of sp³-hybridized carbons (Fsp3) is 0.632. The largest absolute Gasteiger partial charge is 0.372 e. The predicted molar refractivity (Wildman–Crippen MR) is 103 cm³/mol. The Bertz CT molecular complexity index is 538. The topological polar surface area (TPSA) is 26.8 Å². The molecule has 0 spiro atoms. The van der Waals surface area contributed by atoms with Crippen LogP contribution in [-0.4, -0.2) is 60.7 Å². The fourth-order valence-electron chi connectivity index (χ4n) is 3.59. The maximum atomic E-state index is 12.3. The summed E-state index contributed by atoms with van der Waals surface area (Å²) in [5.74, 6) is 0.886. The van der Waals surface area contributed by atoms with Crippen LogP contribution in [-0.2, 0) is 4.79 Å². The Hall–Kier alpha value is -1.20. The summed E-state index contributed by atoms with van der Waals surface area (Å²) in [5, 5.41) is 0.181. The van der Waals surface area contributed by atoms with Crippen molar-refractivity contribution >= 4 is 23.4 Å². The standard InChI is InChI=1S/C19H29N3OS/c1-3-20(4-2)13-14-22-18(23)15-24-19(22)16-7-9-17(10-8-16)21-11-5-6-12-21/h7-10,19H,3-6,11-15H2,1-2H3. The summed E-state index contributed by atoms with van der Waals surface area (Å²) in [5.41, 5.74) is 2.58. The number of carbonyl (C=O) groups is 1. The van der Waals surface area contributed by atoms with Crippen molar-refractivity contribution in [2.24, 2.45) is 0 Å². The normalized spacial score (nSPS) is 21.3. The van der Waals surface area contributed by atoms with Crippen molar-refractivity contribution in [3.63, 3.8) is 0 Å². The quantitative estimate of drug-likeness (QED) is 0.757. The molecule has 0 bridgehead atoms. The van der Waals surface area contributed by atoms with Gasteiger partial charge in [-0.25, -0.2) is 0 Å². The first-order valence-electron chi connectivity index (χ1n) is 9.21. The Morgan fingerprint density at radius 3 is 2.42 bits per heavy atom. The van der Waals surface area contributed by atoms with Crippen LogP contribution in [0.2, 0.25) is 0 Å². The number of hydrogen-bond donors (Lipinski definition) is 0. The summed E-state index contributed by atoms with van der Waals surface area (Å²) >= 11 is 1.76. The number of rotatable bonds is 7. The highest BCUT2D eigenvalue weighted by Gasteiger charge is 2.32. The van der Waals surface area contributed by atoms with E-state index in [4.69, 9.17) is 0 Å². The molecule has 0 saturated carbocycles. The summed E-state index contributed by atoms with van der Waals surface area (Å²) in [6.07, 6.45) is 2.60. The van der Waals surface area contributed by atoms with Crippen molar-refractivity contribution in [3.05, 3.63) is 29.8 Å². The van der Waals surface area contributed by atoms with Crippen LogP contribution in [0.1, 0.15) is 37.6 Å². The van der Waals surface area contributed by atoms with Gasteiger partial charge in [-0.1, -0.05) is 26.0 Å². The van der Waals surface area contributed by atoms with Gasteiger partial charge in [0.25, 0.3) is 0 Å². The number of benzene rings is 1. The third-order valence-electron chi connectivity index (χ3n) is 5.17. The third kappa shape index (κ3) is 3.89. The van der Waals surface area contributed by atoms with Crippen molar-refractivity contribution in [2.45, 2.75) is 32.1 Å². The Kier molecular flexibility index (Phi) is 6.06. The van der Waals surface area contributed by atoms with Crippen molar-refractivity contribution in [1.82, 2.24) is 9.80 Å². The van der Waals surface area contributed by atoms with E-state index in [1.807, 2.05) is 0 Å². The van der Waals surface area contributed by atoms with Crippen LogP contribution in [0.3, 0.4) is 0 Å². The SMILES string of the molecule is CCN(CC)CCN1C(=O)CSC1c1ccc(N2CCCC2)cc1. The van der Waals surface area contributed by atoms with E-state index in [0.717, 1.165) is 26.2 Å². The molecule has 2 aliphatic rings. The molecule has 0 N–H and O–H groups in total. The van der Waals surface area contributed by atoms with E-state index in [1.165, 1.54) is 37.2 Å². The Labute approximate surface area is 150 Å². The summed E-state index contributed by atoms with van der Waals surface area (Å²) in [6, 6.07) is 8.89. The van der Waals surface area contributed by atoms with Crippen LogP contribution in [0.25, 0.3) is 0 Å². The molecular formula is C19H29N3OS. The monoisotopic (exact) mass is 347 g/mol. The van der Waals surface area contributed by atoms with Gasteiger partial charge in [0.2, 0.25) is 5.91 Å². The van der Waals surface area contributed by atoms with Crippen LogP contribution < -0.4 is 4.90 Å². The first kappa shape index (κ1) is 17.6. The number of thioether (sulfide) groups is 1. The molecule has 0 aliphatic carbocycles. The second-order valence-corrected chi connectivity index (χ2v) is 7.63. The molecule has 1 unspecified atom stereocenters. The molecule has 1 aromatic carbocycles. The van der Waals surface area contributed by atoms with Crippen LogP contribution in [0, 0.1) is 0 Å². The molecule has 1 amide bonds. The van der Waals surface area contributed by atoms with E-state index in [0.29, 0.717) is 5.75 Å². The molecule has 1 aromatic rings. The number of carbonyl (C=O) groups excluding carboxylic acids is 1. The summed E-state index contributed by atoms with van der Waals surface area (Å²) in [6.45, 7) is 10.6. The molecule has 2 aliphatic heterocycles. The second-order valence-electron chi connectivity index (χ2n) is 6.56. The number of amides is 1. The van der Waals surface area contributed by atoms with Crippen LogP contribution in [0.15, 0.2) is 24.3 Å². The van der Waals surface area contributed by atoms with Crippen molar-refractivity contribution < 1.29 is 4.79 Å². The average Bonchev–Trinajstić information content (AvgIpc) is 3.26. The van der Waals surface area contributed by atoms with E-state index in [2.05, 4.69) is 52.8 Å². The van der Waals surface area contributed by atoms with E-state index in [1.54, 1.807) is 11.8 Å². The Balaban J connectivity index is 1.66. The zero-order chi connectivity index (χ0) is 16.9. The van der Waals surface area contributed by atoms with Gasteiger partial charge >= 0.3 is 0 Å². The number of likely N-dealkylation sites (N-methyl/N-ethyl adjacent to an activating group) is 1. The highest BCUT2D eigenvalue weighted by Crippen LogP contribution is 2.39. The molecule has 132 valence electrons. The molecule has 5 heteroatoms. The number of nitrogens with zero attached hydrogens (tertiary/aromatic N) is 3.